The van der Waals surface area contributed by atoms with E-state index in [1.807, 2.05) is 0 Å². The average Bonchev–Trinajstić information content (AvgIpc) is 2.00. The van der Waals surface area contributed by atoms with Crippen LogP contribution in [0, 0.1) is 30.3 Å². The minimum atomic E-state index is -3.13. The van der Waals surface area contributed by atoms with E-state index in [1.54, 1.807) is 0 Å². The van der Waals surface area contributed by atoms with E-state index in [0.29, 0.717) is 7.05 Å². The van der Waals surface area contributed by atoms with Gasteiger partial charge in [0.1, 0.15) is 25.8 Å². The molecule has 0 N–H and O–H groups in total. The zero-order valence-electron chi connectivity index (χ0n) is 6.12. The lowest BCUT2D eigenvalue weighted by Gasteiger charge is -2.13. The van der Waals surface area contributed by atoms with Gasteiger partial charge in [-0.05, 0) is 0 Å². The molecule has 13 heavy (non-hydrogen) atoms. The summed E-state index contributed by atoms with van der Waals surface area (Å²) in [5, 5.41) is 28.9. The first-order chi connectivity index (χ1) is 5.74. The normalized spacial score (nSPS) is 10.6. The maximum absolute atomic E-state index is 10.2. The van der Waals surface area contributed by atoms with Gasteiger partial charge in [0.25, 0.3) is 0 Å². The third-order valence-electron chi connectivity index (χ3n) is 1.12. The largest absolute Gasteiger partial charge is 0.646 e. The van der Waals surface area contributed by atoms with Crippen LogP contribution in [0.2, 0.25) is 0 Å². The Kier molecular flexibility index (Phi) is 3.06. The van der Waals surface area contributed by atoms with Crippen LogP contribution in [0.4, 0.5) is 0 Å². The van der Waals surface area contributed by atoms with Crippen LogP contribution in [0.3, 0.4) is 0 Å². The van der Waals surface area contributed by atoms with Crippen LogP contribution in [0.25, 0.3) is 0 Å². The molecule has 10 nitrogen and oxygen atoms in total. The SMILES string of the molecule is CN([N+](=O)[O-])C(Br)([N+](=O)[O-])[N+](=O)[O-]. The highest BCUT2D eigenvalue weighted by molar-refractivity contribution is 9.09. The number of rotatable bonds is 4. The molecule has 0 aliphatic rings. The van der Waals surface area contributed by atoms with Crippen molar-refractivity contribution < 1.29 is 14.9 Å². The number of alkyl halides is 1. The lowest BCUT2D eigenvalue weighted by molar-refractivity contribution is -0.862. The Labute approximate surface area is 78.7 Å². The highest BCUT2D eigenvalue weighted by atomic mass is 79.9. The number of hydrazine groups is 1. The lowest BCUT2D eigenvalue weighted by atomic mass is 10.8. The van der Waals surface area contributed by atoms with Crippen molar-refractivity contribution >= 4 is 15.9 Å². The van der Waals surface area contributed by atoms with Gasteiger partial charge in [-0.1, -0.05) is 0 Å². The molecule has 0 saturated carbocycles. The molecular formula is C2H3BrN4O6. The Bertz CT molecular complexity index is 251. The Morgan fingerprint density at radius 2 is 1.46 bits per heavy atom. The molecule has 0 aliphatic heterocycles. The molecule has 0 fully saturated rings. The molecule has 0 bridgehead atoms. The smallest absolute Gasteiger partial charge is 0.256 e. The molecule has 0 spiro atoms. The van der Waals surface area contributed by atoms with Crippen molar-refractivity contribution in [2.45, 2.75) is 4.70 Å². The van der Waals surface area contributed by atoms with Crippen LogP contribution in [-0.2, 0) is 0 Å². The van der Waals surface area contributed by atoms with E-state index in [2.05, 4.69) is 15.9 Å². The third-order valence-corrected chi connectivity index (χ3v) is 2.21. The van der Waals surface area contributed by atoms with E-state index >= 15 is 0 Å². The Morgan fingerprint density at radius 3 is 1.54 bits per heavy atom. The molecule has 11 heteroatoms. The Balaban J connectivity index is 5.13. The van der Waals surface area contributed by atoms with Gasteiger partial charge in [-0.3, -0.25) is 20.2 Å². The van der Waals surface area contributed by atoms with E-state index in [1.165, 1.54) is 0 Å². The number of hydrogen-bond donors (Lipinski definition) is 0. The molecule has 74 valence electrons. The fourth-order valence-electron chi connectivity index (χ4n) is 0.407. The van der Waals surface area contributed by atoms with Crippen LogP contribution in [0.1, 0.15) is 0 Å². The van der Waals surface area contributed by atoms with Gasteiger partial charge >= 0.3 is 4.70 Å². The van der Waals surface area contributed by atoms with Crippen molar-refractivity contribution in [1.29, 1.82) is 0 Å². The average molecular weight is 259 g/mol. The highest BCUT2D eigenvalue weighted by Crippen LogP contribution is 2.23. The number of nitrogens with zero attached hydrogens (tertiary/aromatic N) is 4. The van der Waals surface area contributed by atoms with Crippen LogP contribution < -0.4 is 0 Å². The summed E-state index contributed by atoms with van der Waals surface area (Å²) >= 11 is 2.07. The number of halogens is 1. The van der Waals surface area contributed by atoms with Gasteiger partial charge in [-0.15, -0.1) is 0 Å². The van der Waals surface area contributed by atoms with Gasteiger partial charge in [-0.25, -0.2) is 10.1 Å². The topological polar surface area (TPSA) is 133 Å². The minimum Gasteiger partial charge on any atom is -0.256 e. The number of hydrogen-bond acceptors (Lipinski definition) is 6. The van der Waals surface area contributed by atoms with Crippen molar-refractivity contribution in [3.63, 3.8) is 0 Å². The summed E-state index contributed by atoms with van der Waals surface area (Å²) < 4.78 is -3.13. The van der Waals surface area contributed by atoms with Crippen molar-refractivity contribution in [2.75, 3.05) is 7.05 Å². The molecule has 0 amide bonds. The van der Waals surface area contributed by atoms with Gasteiger partial charge in [-0.2, -0.15) is 0 Å². The maximum atomic E-state index is 10.2. The molecule has 0 atom stereocenters. The quantitative estimate of drug-likeness (QED) is 0.222. The second-order valence-corrected chi connectivity index (χ2v) is 2.89. The molecule has 0 radical (unpaired) electrons. The third kappa shape index (κ3) is 1.80. The minimum absolute atomic E-state index is 0.257. The van der Waals surface area contributed by atoms with Crippen LogP contribution in [-0.4, -0.2) is 31.6 Å². The molecule has 0 aromatic heterocycles. The first-order valence-electron chi connectivity index (χ1n) is 2.60. The standard InChI is InChI=1S/C2H3BrN4O6/c1-4(7(12)13)2(3,5(8)9)6(10)11/h1H3. The zero-order valence-corrected chi connectivity index (χ0v) is 7.70. The summed E-state index contributed by atoms with van der Waals surface area (Å²) in [5.41, 5.74) is 0. The van der Waals surface area contributed by atoms with Crippen molar-refractivity contribution in [3.8, 4) is 0 Å². The molecule has 0 aliphatic carbocycles. The van der Waals surface area contributed by atoms with E-state index in [4.69, 9.17) is 0 Å². The maximum Gasteiger partial charge on any atom is 0.646 e. The van der Waals surface area contributed by atoms with Crippen LogP contribution in [0.15, 0.2) is 0 Å². The van der Waals surface area contributed by atoms with Gasteiger partial charge in [0, 0.05) is 5.01 Å². The van der Waals surface area contributed by atoms with Crippen molar-refractivity contribution in [1.82, 2.24) is 5.01 Å². The van der Waals surface area contributed by atoms with E-state index in [0.717, 1.165) is 0 Å². The van der Waals surface area contributed by atoms with E-state index in [-0.39, 0.29) is 5.01 Å². The highest BCUT2D eigenvalue weighted by Gasteiger charge is 2.64. The van der Waals surface area contributed by atoms with Gasteiger partial charge in [0.15, 0.2) is 5.03 Å². The molecule has 0 unspecified atom stereocenters. The summed E-state index contributed by atoms with van der Waals surface area (Å²) in [6.45, 7) is 0. The first kappa shape index (κ1) is 11.5. The van der Waals surface area contributed by atoms with E-state index < -0.39 is 19.6 Å². The first-order valence-corrected chi connectivity index (χ1v) is 3.40. The molecule has 0 saturated heterocycles. The fourth-order valence-corrected chi connectivity index (χ4v) is 0.536. The van der Waals surface area contributed by atoms with Crippen LogP contribution in [0.5, 0.6) is 0 Å². The van der Waals surface area contributed by atoms with Crippen molar-refractivity contribution in [2.24, 2.45) is 0 Å². The van der Waals surface area contributed by atoms with Gasteiger partial charge in [0.2, 0.25) is 0 Å². The molecule has 0 aromatic rings. The molecule has 0 rings (SSSR count). The second-order valence-electron chi connectivity index (χ2n) is 1.83. The summed E-state index contributed by atoms with van der Waals surface area (Å²) in [6.07, 6.45) is 0. The predicted molar refractivity (Wildman–Crippen MR) is 40.4 cm³/mol. The summed E-state index contributed by atoms with van der Waals surface area (Å²) in [7, 11) is 0.611. The van der Waals surface area contributed by atoms with Crippen LogP contribution >= 0.6 is 15.9 Å². The molecule has 0 heterocycles. The monoisotopic (exact) mass is 258 g/mol. The summed E-state index contributed by atoms with van der Waals surface area (Å²) in [5.74, 6) is 0. The molecular weight excluding hydrogens is 256 g/mol. The van der Waals surface area contributed by atoms with Crippen molar-refractivity contribution in [3.05, 3.63) is 30.3 Å². The molecule has 0 aromatic carbocycles. The lowest BCUT2D eigenvalue weighted by Crippen LogP contribution is -2.55. The zero-order chi connectivity index (χ0) is 10.8. The van der Waals surface area contributed by atoms with Gasteiger partial charge < -0.3 is 0 Å². The Morgan fingerprint density at radius 1 is 1.15 bits per heavy atom. The number of nitro groups is 3. The summed E-state index contributed by atoms with van der Waals surface area (Å²) in [6, 6.07) is 0. The fraction of sp³-hybridized carbons (Fsp3) is 1.00. The Hall–Kier alpha value is -1.52. The van der Waals surface area contributed by atoms with Gasteiger partial charge in [0.05, 0.1) is 7.05 Å². The summed E-state index contributed by atoms with van der Waals surface area (Å²) in [4.78, 5) is 27.6. The second kappa shape index (κ2) is 3.47. The van der Waals surface area contributed by atoms with E-state index in [9.17, 15) is 30.3 Å². The predicted octanol–water partition coefficient (Wildman–Crippen LogP) is -0.331.